The molecule has 1 aliphatic rings. The second-order valence-electron chi connectivity index (χ2n) is 6.04. The third-order valence-electron chi connectivity index (χ3n) is 4.14. The van der Waals surface area contributed by atoms with E-state index in [0.717, 1.165) is 42.3 Å². The molecule has 0 unspecified atom stereocenters. The van der Waals surface area contributed by atoms with E-state index in [1.807, 2.05) is 24.6 Å². The highest BCUT2D eigenvalue weighted by Crippen LogP contribution is 2.24. The summed E-state index contributed by atoms with van der Waals surface area (Å²) < 4.78 is 32.6. The third kappa shape index (κ3) is 3.62. The first-order valence-corrected chi connectivity index (χ1v) is 9.32. The average Bonchev–Trinajstić information content (AvgIpc) is 3.05. The zero-order valence-corrected chi connectivity index (χ0v) is 14.3. The lowest BCUT2D eigenvalue weighted by atomic mass is 10.1. The van der Waals surface area contributed by atoms with Gasteiger partial charge in [-0.05, 0) is 13.8 Å². The second kappa shape index (κ2) is 6.06. The molecule has 1 aliphatic heterocycles. The molecule has 0 spiro atoms. The fraction of sp³-hybridized carbons (Fsp3) is 0.571. The maximum absolute atomic E-state index is 11.4. The van der Waals surface area contributed by atoms with Crippen molar-refractivity contribution >= 4 is 10.0 Å². The second-order valence-corrected chi connectivity index (χ2v) is 7.87. The lowest BCUT2D eigenvalue weighted by molar-refractivity contribution is 0.177. The Labute approximate surface area is 135 Å². The first-order valence-electron chi connectivity index (χ1n) is 7.43. The standard InChI is InChI=1S/C14H21N5O3S/c1-10-14(11(2)22-17-10)8-18-6-12-4-15-9-19(12)13(7-18)5-16-23(3,20)21/h4,9,13,16H,5-8H2,1-3H3/t13-/m0/s1. The van der Waals surface area contributed by atoms with Crippen LogP contribution in [0.5, 0.6) is 0 Å². The van der Waals surface area contributed by atoms with E-state index in [0.29, 0.717) is 6.54 Å². The van der Waals surface area contributed by atoms with Crippen molar-refractivity contribution in [2.75, 3.05) is 19.3 Å². The summed E-state index contributed by atoms with van der Waals surface area (Å²) >= 11 is 0. The number of sulfonamides is 1. The van der Waals surface area contributed by atoms with Crippen molar-refractivity contribution in [3.8, 4) is 0 Å². The Morgan fingerprint density at radius 2 is 2.22 bits per heavy atom. The Kier molecular flexibility index (Phi) is 4.26. The van der Waals surface area contributed by atoms with Crippen molar-refractivity contribution in [2.24, 2.45) is 0 Å². The van der Waals surface area contributed by atoms with Gasteiger partial charge in [-0.25, -0.2) is 18.1 Å². The van der Waals surface area contributed by atoms with Gasteiger partial charge in [-0.3, -0.25) is 4.90 Å². The lowest BCUT2D eigenvalue weighted by Gasteiger charge is -2.34. The molecular formula is C14H21N5O3S. The summed E-state index contributed by atoms with van der Waals surface area (Å²) in [4.78, 5) is 6.46. The quantitative estimate of drug-likeness (QED) is 0.857. The van der Waals surface area contributed by atoms with E-state index in [9.17, 15) is 8.42 Å². The summed E-state index contributed by atoms with van der Waals surface area (Å²) in [6.45, 7) is 6.41. The molecule has 2 aromatic rings. The normalized spacial score (nSPS) is 19.0. The van der Waals surface area contributed by atoms with Gasteiger partial charge in [0, 0.05) is 37.9 Å². The number of nitrogens with zero attached hydrogens (tertiary/aromatic N) is 4. The number of hydrogen-bond acceptors (Lipinski definition) is 6. The van der Waals surface area contributed by atoms with E-state index in [4.69, 9.17) is 4.52 Å². The van der Waals surface area contributed by atoms with E-state index < -0.39 is 10.0 Å². The SMILES string of the molecule is Cc1noc(C)c1CN1Cc2cncn2[C@@H](CNS(C)(=O)=O)C1. The van der Waals surface area contributed by atoms with Gasteiger partial charge in [-0.1, -0.05) is 5.16 Å². The third-order valence-corrected chi connectivity index (χ3v) is 4.83. The molecule has 126 valence electrons. The molecule has 0 saturated carbocycles. The summed E-state index contributed by atoms with van der Waals surface area (Å²) in [5.74, 6) is 0.826. The number of aryl methyl sites for hydroxylation is 2. The molecule has 0 radical (unpaired) electrons. The monoisotopic (exact) mass is 339 g/mol. The number of rotatable bonds is 5. The van der Waals surface area contributed by atoms with Crippen molar-refractivity contribution in [3.05, 3.63) is 35.2 Å². The van der Waals surface area contributed by atoms with Crippen LogP contribution in [-0.2, 0) is 23.1 Å². The molecule has 2 aromatic heterocycles. The van der Waals surface area contributed by atoms with Crippen molar-refractivity contribution in [1.82, 2.24) is 24.3 Å². The number of fused-ring (bicyclic) bond motifs is 1. The van der Waals surface area contributed by atoms with Crippen LogP contribution in [-0.4, -0.2) is 47.4 Å². The minimum atomic E-state index is -3.22. The molecule has 0 bridgehead atoms. The molecule has 0 amide bonds. The topological polar surface area (TPSA) is 93.3 Å². The maximum atomic E-state index is 11.4. The van der Waals surface area contributed by atoms with Crippen molar-refractivity contribution in [2.45, 2.75) is 33.0 Å². The molecule has 3 heterocycles. The molecule has 0 fully saturated rings. The number of imidazole rings is 1. The van der Waals surface area contributed by atoms with E-state index in [2.05, 4.69) is 19.8 Å². The molecule has 8 nitrogen and oxygen atoms in total. The molecule has 3 rings (SSSR count). The van der Waals surface area contributed by atoms with Gasteiger partial charge < -0.3 is 9.09 Å². The van der Waals surface area contributed by atoms with Crippen LogP contribution in [0.4, 0.5) is 0 Å². The Hall–Kier alpha value is -1.71. The van der Waals surface area contributed by atoms with Gasteiger partial charge in [-0.15, -0.1) is 0 Å². The highest BCUT2D eigenvalue weighted by atomic mass is 32.2. The summed E-state index contributed by atoms with van der Waals surface area (Å²) in [6.07, 6.45) is 4.76. The molecule has 9 heteroatoms. The molecule has 0 aromatic carbocycles. The summed E-state index contributed by atoms with van der Waals surface area (Å²) in [5.41, 5.74) is 3.06. The molecule has 1 atom stereocenters. The highest BCUT2D eigenvalue weighted by molar-refractivity contribution is 7.88. The van der Waals surface area contributed by atoms with Crippen LogP contribution in [0.2, 0.25) is 0 Å². The van der Waals surface area contributed by atoms with Crippen molar-refractivity contribution in [1.29, 1.82) is 0 Å². The summed E-state index contributed by atoms with van der Waals surface area (Å²) in [5, 5.41) is 3.99. The van der Waals surface area contributed by atoms with Crippen LogP contribution >= 0.6 is 0 Å². The highest BCUT2D eigenvalue weighted by Gasteiger charge is 2.26. The van der Waals surface area contributed by atoms with Crippen LogP contribution in [0, 0.1) is 13.8 Å². The fourth-order valence-electron chi connectivity index (χ4n) is 2.95. The Morgan fingerprint density at radius 1 is 1.43 bits per heavy atom. The van der Waals surface area contributed by atoms with Gasteiger partial charge in [-0.2, -0.15) is 0 Å². The molecule has 0 aliphatic carbocycles. The molecule has 0 saturated heterocycles. The first kappa shape index (κ1) is 16.2. The van der Waals surface area contributed by atoms with E-state index >= 15 is 0 Å². The molecule has 23 heavy (non-hydrogen) atoms. The number of nitrogens with one attached hydrogen (secondary N) is 1. The number of hydrogen-bond donors (Lipinski definition) is 1. The first-order chi connectivity index (χ1) is 10.8. The van der Waals surface area contributed by atoms with Crippen LogP contribution < -0.4 is 4.72 Å². The van der Waals surface area contributed by atoms with Crippen LogP contribution in [0.25, 0.3) is 0 Å². The Morgan fingerprint density at radius 3 is 2.87 bits per heavy atom. The Bertz CT molecular complexity index is 776. The molecule has 1 N–H and O–H groups in total. The average molecular weight is 339 g/mol. The maximum Gasteiger partial charge on any atom is 0.208 e. The largest absolute Gasteiger partial charge is 0.361 e. The zero-order chi connectivity index (χ0) is 16.6. The van der Waals surface area contributed by atoms with Crippen LogP contribution in [0.15, 0.2) is 17.0 Å². The van der Waals surface area contributed by atoms with Gasteiger partial charge in [0.2, 0.25) is 10.0 Å². The van der Waals surface area contributed by atoms with Gasteiger partial charge in [0.1, 0.15) is 5.76 Å². The fourth-order valence-corrected chi connectivity index (χ4v) is 3.44. The van der Waals surface area contributed by atoms with E-state index in [1.54, 1.807) is 6.33 Å². The summed E-state index contributed by atoms with van der Waals surface area (Å²) in [7, 11) is -3.22. The minimum absolute atomic E-state index is 0.0106. The predicted molar refractivity (Wildman–Crippen MR) is 84.2 cm³/mol. The van der Waals surface area contributed by atoms with Gasteiger partial charge in [0.15, 0.2) is 0 Å². The van der Waals surface area contributed by atoms with Crippen LogP contribution in [0.1, 0.15) is 28.8 Å². The zero-order valence-electron chi connectivity index (χ0n) is 13.5. The van der Waals surface area contributed by atoms with Gasteiger partial charge >= 0.3 is 0 Å². The predicted octanol–water partition coefficient (Wildman–Crippen LogP) is 0.594. The van der Waals surface area contributed by atoms with Crippen LogP contribution in [0.3, 0.4) is 0 Å². The van der Waals surface area contributed by atoms with Crippen molar-refractivity contribution in [3.63, 3.8) is 0 Å². The van der Waals surface area contributed by atoms with Gasteiger partial charge in [0.05, 0.1) is 30.0 Å². The summed E-state index contributed by atoms with van der Waals surface area (Å²) in [6, 6.07) is 0.0106. The smallest absolute Gasteiger partial charge is 0.208 e. The number of aromatic nitrogens is 3. The van der Waals surface area contributed by atoms with Gasteiger partial charge in [0.25, 0.3) is 0 Å². The Balaban J connectivity index is 1.77. The van der Waals surface area contributed by atoms with E-state index in [-0.39, 0.29) is 6.04 Å². The molecular weight excluding hydrogens is 318 g/mol. The minimum Gasteiger partial charge on any atom is -0.361 e. The van der Waals surface area contributed by atoms with E-state index in [1.165, 1.54) is 6.26 Å². The lowest BCUT2D eigenvalue weighted by Crippen LogP contribution is -2.41. The van der Waals surface area contributed by atoms with Crippen molar-refractivity contribution < 1.29 is 12.9 Å².